The van der Waals surface area contributed by atoms with Crippen LogP contribution in [-0.4, -0.2) is 19.1 Å². The summed E-state index contributed by atoms with van der Waals surface area (Å²) in [6, 6.07) is 26.6. The van der Waals surface area contributed by atoms with Crippen molar-refractivity contribution in [2.24, 2.45) is 0 Å². The fraction of sp³-hybridized carbons (Fsp3) is 0.174. The number of ether oxygens (including phenoxy) is 1. The molecule has 0 spiro atoms. The van der Waals surface area contributed by atoms with Gasteiger partial charge in [-0.1, -0.05) is 54.6 Å². The Labute approximate surface area is 155 Å². The van der Waals surface area contributed by atoms with Crippen molar-refractivity contribution in [3.8, 4) is 22.9 Å². The largest absolute Gasteiger partial charge is 0.497 e. The average Bonchev–Trinajstić information content (AvgIpc) is 2.68. The first-order valence-electron chi connectivity index (χ1n) is 8.59. The number of nitriles is 1. The molecule has 3 rings (SSSR count). The van der Waals surface area contributed by atoms with Crippen molar-refractivity contribution >= 4 is 0 Å². The van der Waals surface area contributed by atoms with Crippen LogP contribution in [0.5, 0.6) is 5.75 Å². The number of benzene rings is 3. The fourth-order valence-electron chi connectivity index (χ4n) is 3.07. The maximum absolute atomic E-state index is 9.27. The molecule has 0 N–H and O–H groups in total. The summed E-state index contributed by atoms with van der Waals surface area (Å²) in [7, 11) is 3.80. The molecule has 0 saturated carbocycles. The van der Waals surface area contributed by atoms with E-state index in [1.807, 2.05) is 36.4 Å². The van der Waals surface area contributed by atoms with Gasteiger partial charge in [0.05, 0.1) is 18.7 Å². The lowest BCUT2D eigenvalue weighted by Gasteiger charge is -2.17. The van der Waals surface area contributed by atoms with E-state index in [1.54, 1.807) is 7.11 Å². The maximum atomic E-state index is 9.27. The summed E-state index contributed by atoms with van der Waals surface area (Å²) in [5, 5.41) is 9.27. The molecule has 0 aliphatic carbocycles. The van der Waals surface area contributed by atoms with Gasteiger partial charge in [0.1, 0.15) is 5.75 Å². The minimum Gasteiger partial charge on any atom is -0.497 e. The molecule has 130 valence electrons. The van der Waals surface area contributed by atoms with Gasteiger partial charge in [0.2, 0.25) is 0 Å². The number of hydrogen-bond donors (Lipinski definition) is 0. The first-order valence-corrected chi connectivity index (χ1v) is 8.59. The molecule has 3 nitrogen and oxygen atoms in total. The molecular weight excluding hydrogens is 320 g/mol. The van der Waals surface area contributed by atoms with Gasteiger partial charge in [-0.15, -0.1) is 0 Å². The fourth-order valence-corrected chi connectivity index (χ4v) is 3.07. The van der Waals surface area contributed by atoms with Gasteiger partial charge in [-0.05, 0) is 47.5 Å². The molecule has 0 bridgehead atoms. The van der Waals surface area contributed by atoms with Crippen molar-refractivity contribution in [3.63, 3.8) is 0 Å². The molecule has 26 heavy (non-hydrogen) atoms. The Hall–Kier alpha value is -3.09. The van der Waals surface area contributed by atoms with Crippen molar-refractivity contribution in [3.05, 3.63) is 89.5 Å². The highest BCUT2D eigenvalue weighted by atomic mass is 16.5. The highest BCUT2D eigenvalue weighted by Gasteiger charge is 2.06. The molecule has 0 radical (unpaired) electrons. The van der Waals surface area contributed by atoms with Crippen LogP contribution in [0.4, 0.5) is 0 Å². The quantitative estimate of drug-likeness (QED) is 0.641. The van der Waals surface area contributed by atoms with E-state index < -0.39 is 0 Å². The maximum Gasteiger partial charge on any atom is 0.119 e. The first kappa shape index (κ1) is 17.7. The molecule has 0 heterocycles. The number of hydrogen-bond acceptors (Lipinski definition) is 3. The SMILES string of the molecule is COc1cccc(CN(C)Cc2ccc(-c3ccccc3C#N)cc2)c1. The predicted molar refractivity (Wildman–Crippen MR) is 105 cm³/mol. The van der Waals surface area contributed by atoms with Crippen molar-refractivity contribution in [2.45, 2.75) is 13.1 Å². The number of rotatable bonds is 6. The van der Waals surface area contributed by atoms with Crippen LogP contribution in [0.25, 0.3) is 11.1 Å². The van der Waals surface area contributed by atoms with Gasteiger partial charge < -0.3 is 4.74 Å². The lowest BCUT2D eigenvalue weighted by molar-refractivity contribution is 0.318. The zero-order chi connectivity index (χ0) is 18.4. The van der Waals surface area contributed by atoms with Crippen LogP contribution >= 0.6 is 0 Å². The number of methoxy groups -OCH3 is 1. The lowest BCUT2D eigenvalue weighted by atomic mass is 9.99. The van der Waals surface area contributed by atoms with Gasteiger partial charge in [-0.2, -0.15) is 5.26 Å². The smallest absolute Gasteiger partial charge is 0.119 e. The molecule has 0 atom stereocenters. The van der Waals surface area contributed by atoms with Crippen molar-refractivity contribution in [1.82, 2.24) is 4.90 Å². The van der Waals surface area contributed by atoms with E-state index in [1.165, 1.54) is 11.1 Å². The Bertz CT molecular complexity index is 910. The second kappa shape index (κ2) is 8.33. The van der Waals surface area contributed by atoms with E-state index in [0.717, 1.165) is 30.0 Å². The zero-order valence-corrected chi connectivity index (χ0v) is 15.1. The molecule has 0 amide bonds. The Morgan fingerprint density at radius 1 is 0.885 bits per heavy atom. The van der Waals surface area contributed by atoms with Crippen LogP contribution < -0.4 is 4.74 Å². The molecule has 0 aromatic heterocycles. The molecule has 0 aliphatic rings. The summed E-state index contributed by atoms with van der Waals surface area (Å²) in [6.07, 6.45) is 0. The second-order valence-electron chi connectivity index (χ2n) is 6.38. The Morgan fingerprint density at radius 2 is 1.62 bits per heavy atom. The summed E-state index contributed by atoms with van der Waals surface area (Å²) in [4.78, 5) is 2.27. The molecular formula is C23H22N2O. The van der Waals surface area contributed by atoms with E-state index in [0.29, 0.717) is 5.56 Å². The molecule has 0 aliphatic heterocycles. The van der Waals surface area contributed by atoms with Crippen LogP contribution in [-0.2, 0) is 13.1 Å². The molecule has 3 aromatic carbocycles. The van der Waals surface area contributed by atoms with Gasteiger partial charge >= 0.3 is 0 Å². The summed E-state index contributed by atoms with van der Waals surface area (Å²) in [5.41, 5.74) is 5.23. The van der Waals surface area contributed by atoms with E-state index in [-0.39, 0.29) is 0 Å². The van der Waals surface area contributed by atoms with Gasteiger partial charge in [-0.3, -0.25) is 4.90 Å². The van der Waals surface area contributed by atoms with Crippen molar-refractivity contribution < 1.29 is 4.74 Å². The van der Waals surface area contributed by atoms with Crippen molar-refractivity contribution in [2.75, 3.05) is 14.2 Å². The molecule has 0 saturated heterocycles. The topological polar surface area (TPSA) is 36.3 Å². The molecule has 3 aromatic rings. The monoisotopic (exact) mass is 342 g/mol. The van der Waals surface area contributed by atoms with Crippen LogP contribution in [0.2, 0.25) is 0 Å². The van der Waals surface area contributed by atoms with E-state index in [4.69, 9.17) is 4.74 Å². The third kappa shape index (κ3) is 4.30. The third-order valence-corrected chi connectivity index (χ3v) is 4.35. The summed E-state index contributed by atoms with van der Waals surface area (Å²) in [5.74, 6) is 0.886. The second-order valence-corrected chi connectivity index (χ2v) is 6.38. The minimum atomic E-state index is 0.704. The average molecular weight is 342 g/mol. The standard InChI is InChI=1S/C23H22N2O/c1-25(17-19-6-5-8-22(14-19)26-2)16-18-10-12-20(13-11-18)23-9-4-3-7-21(23)15-24/h3-14H,16-17H2,1-2H3. The summed E-state index contributed by atoms with van der Waals surface area (Å²) >= 11 is 0. The molecule has 0 fully saturated rings. The lowest BCUT2D eigenvalue weighted by Crippen LogP contribution is -2.17. The van der Waals surface area contributed by atoms with Crippen molar-refractivity contribution in [1.29, 1.82) is 5.26 Å². The first-order chi connectivity index (χ1) is 12.7. The van der Waals surface area contributed by atoms with Gasteiger partial charge in [0.15, 0.2) is 0 Å². The van der Waals surface area contributed by atoms with E-state index >= 15 is 0 Å². The third-order valence-electron chi connectivity index (χ3n) is 4.35. The highest BCUT2D eigenvalue weighted by molar-refractivity contribution is 5.70. The highest BCUT2D eigenvalue weighted by Crippen LogP contribution is 2.24. The minimum absolute atomic E-state index is 0.704. The van der Waals surface area contributed by atoms with E-state index in [2.05, 4.69) is 54.4 Å². The number of nitrogens with zero attached hydrogens (tertiary/aromatic N) is 2. The Balaban J connectivity index is 1.68. The van der Waals surface area contributed by atoms with Crippen LogP contribution in [0.3, 0.4) is 0 Å². The Morgan fingerprint density at radius 3 is 2.35 bits per heavy atom. The predicted octanol–water partition coefficient (Wildman–Crippen LogP) is 4.87. The van der Waals surface area contributed by atoms with Gasteiger partial charge in [0.25, 0.3) is 0 Å². The van der Waals surface area contributed by atoms with Crippen LogP contribution in [0.1, 0.15) is 16.7 Å². The van der Waals surface area contributed by atoms with E-state index in [9.17, 15) is 5.26 Å². The Kier molecular flexibility index (Phi) is 5.68. The summed E-state index contributed by atoms with van der Waals surface area (Å²) in [6.45, 7) is 1.72. The van der Waals surface area contributed by atoms with Gasteiger partial charge in [-0.25, -0.2) is 0 Å². The molecule has 3 heteroatoms. The van der Waals surface area contributed by atoms with Gasteiger partial charge in [0, 0.05) is 13.1 Å². The van der Waals surface area contributed by atoms with Crippen LogP contribution in [0.15, 0.2) is 72.8 Å². The van der Waals surface area contributed by atoms with Crippen LogP contribution in [0, 0.1) is 11.3 Å². The summed E-state index contributed by atoms with van der Waals surface area (Å²) < 4.78 is 5.29. The normalized spacial score (nSPS) is 10.5. The molecule has 0 unspecified atom stereocenters. The zero-order valence-electron chi connectivity index (χ0n) is 15.1.